The highest BCUT2D eigenvalue weighted by Crippen LogP contribution is 2.53. The van der Waals surface area contributed by atoms with Crippen LogP contribution in [0.1, 0.15) is 31.0 Å². The van der Waals surface area contributed by atoms with Gasteiger partial charge in [-0.3, -0.25) is 4.98 Å². The van der Waals surface area contributed by atoms with Gasteiger partial charge in [0.2, 0.25) is 0 Å². The van der Waals surface area contributed by atoms with Gasteiger partial charge in [-0.05, 0) is 72.4 Å². The Balaban J connectivity index is 1.29. The molecule has 2 atom stereocenters. The second-order valence-electron chi connectivity index (χ2n) is 10.2. The van der Waals surface area contributed by atoms with Gasteiger partial charge in [0.1, 0.15) is 11.5 Å². The summed E-state index contributed by atoms with van der Waals surface area (Å²) in [6.07, 6.45) is 16.8. The minimum atomic E-state index is -0.146. The van der Waals surface area contributed by atoms with Crippen LogP contribution in [0.5, 0.6) is 5.75 Å². The van der Waals surface area contributed by atoms with Crippen LogP contribution in [-0.4, -0.2) is 9.97 Å². The highest BCUT2D eigenvalue weighted by Gasteiger charge is 2.44. The van der Waals surface area contributed by atoms with Crippen LogP contribution in [0.2, 0.25) is 0 Å². The number of nitrogens with zero attached hydrogens (tertiary/aromatic N) is 2. The third-order valence-electron chi connectivity index (χ3n) is 7.84. The van der Waals surface area contributed by atoms with E-state index in [4.69, 9.17) is 9.72 Å². The lowest BCUT2D eigenvalue weighted by atomic mass is 9.72. The van der Waals surface area contributed by atoms with Crippen molar-refractivity contribution in [1.82, 2.24) is 9.97 Å². The molecule has 0 bridgehead atoms. The van der Waals surface area contributed by atoms with E-state index in [0.717, 1.165) is 51.0 Å². The molecule has 2 unspecified atom stereocenters. The van der Waals surface area contributed by atoms with E-state index >= 15 is 0 Å². The number of hydrogen-bond donors (Lipinski definition) is 0. The van der Waals surface area contributed by atoms with Crippen molar-refractivity contribution in [3.8, 4) is 16.9 Å². The molecule has 0 amide bonds. The largest absolute Gasteiger partial charge is 0.460 e. The van der Waals surface area contributed by atoms with Crippen LogP contribution in [-0.2, 0) is 5.41 Å². The molecule has 3 nitrogen and oxygen atoms in total. The van der Waals surface area contributed by atoms with E-state index in [1.165, 1.54) is 22.3 Å². The first-order valence-electron chi connectivity index (χ1n) is 12.7. The second kappa shape index (κ2) is 8.67. The van der Waals surface area contributed by atoms with Gasteiger partial charge in [-0.25, -0.2) is 4.98 Å². The fraction of sp³-hybridized carbons (Fsp3) is 0.152. The predicted octanol–water partition coefficient (Wildman–Crippen LogP) is 8.58. The zero-order chi connectivity index (χ0) is 25.0. The topological polar surface area (TPSA) is 35.0 Å². The summed E-state index contributed by atoms with van der Waals surface area (Å²) < 4.78 is 7.63. The van der Waals surface area contributed by atoms with Crippen LogP contribution in [0, 0.1) is 5.92 Å². The van der Waals surface area contributed by atoms with E-state index in [9.17, 15) is 0 Å². The Morgan fingerprint density at radius 1 is 1.05 bits per heavy atom. The van der Waals surface area contributed by atoms with Gasteiger partial charge in [0, 0.05) is 33.7 Å². The smallest absolute Gasteiger partial charge is 0.131 e. The van der Waals surface area contributed by atoms with Gasteiger partial charge < -0.3 is 4.74 Å². The highest BCUT2D eigenvalue weighted by atomic mass is 79.9. The summed E-state index contributed by atoms with van der Waals surface area (Å²) in [7, 11) is 0. The van der Waals surface area contributed by atoms with Gasteiger partial charge in [0.15, 0.2) is 0 Å². The van der Waals surface area contributed by atoms with Crippen molar-refractivity contribution in [2.24, 2.45) is 5.92 Å². The summed E-state index contributed by atoms with van der Waals surface area (Å²) in [5.74, 6) is 2.27. The van der Waals surface area contributed by atoms with E-state index < -0.39 is 0 Å². The van der Waals surface area contributed by atoms with E-state index in [0.29, 0.717) is 0 Å². The third-order valence-corrected chi connectivity index (χ3v) is 8.33. The maximum Gasteiger partial charge on any atom is 0.131 e. The van der Waals surface area contributed by atoms with Crippen molar-refractivity contribution >= 4 is 32.4 Å². The van der Waals surface area contributed by atoms with Crippen LogP contribution < -0.4 is 4.74 Å². The molecule has 180 valence electrons. The molecule has 2 aliphatic carbocycles. The number of benzene rings is 2. The van der Waals surface area contributed by atoms with Crippen molar-refractivity contribution in [2.45, 2.75) is 25.2 Å². The summed E-state index contributed by atoms with van der Waals surface area (Å²) in [6, 6.07) is 21.1. The van der Waals surface area contributed by atoms with Crippen LogP contribution >= 0.6 is 15.9 Å². The molecule has 0 spiro atoms. The minimum absolute atomic E-state index is 0.146. The number of rotatable bonds is 3. The monoisotopic (exact) mass is 544 g/mol. The first-order chi connectivity index (χ1) is 18.1. The molecular formula is C33H25BrN2O. The Hall–Kier alpha value is -3.76. The standard InChI is InChI=1S/C33H25BrN2O/c1-33-15-6-11-25(32(33)37-31-13-12-24(34)18-28(31)33)22-9-5-10-23(17-22)30-19-26(21-7-3-2-4-8-21)27-20-35-16-14-29(27)36-30/h2-14,16,18-20,22H,15,17H2,1H3. The molecule has 3 aliphatic rings. The number of hydrogen-bond acceptors (Lipinski definition) is 3. The molecule has 0 saturated carbocycles. The Morgan fingerprint density at radius 3 is 2.84 bits per heavy atom. The highest BCUT2D eigenvalue weighted by molar-refractivity contribution is 9.10. The van der Waals surface area contributed by atoms with Crippen molar-refractivity contribution in [1.29, 1.82) is 0 Å². The number of halogens is 1. The molecule has 0 saturated heterocycles. The average Bonchev–Trinajstić information content (AvgIpc) is 3.24. The van der Waals surface area contributed by atoms with Gasteiger partial charge in [-0.15, -0.1) is 0 Å². The summed E-state index contributed by atoms with van der Waals surface area (Å²) in [6.45, 7) is 2.30. The molecule has 0 fully saturated rings. The van der Waals surface area contributed by atoms with Crippen molar-refractivity contribution < 1.29 is 4.74 Å². The van der Waals surface area contributed by atoms with E-state index in [2.05, 4.69) is 107 Å². The zero-order valence-corrected chi connectivity index (χ0v) is 22.1. The lowest BCUT2D eigenvalue weighted by Gasteiger charge is -2.31. The van der Waals surface area contributed by atoms with E-state index in [1.54, 1.807) is 0 Å². The number of pyridine rings is 2. The molecule has 4 heteroatoms. The van der Waals surface area contributed by atoms with E-state index in [1.807, 2.05) is 24.5 Å². The minimum Gasteiger partial charge on any atom is -0.460 e. The zero-order valence-electron chi connectivity index (χ0n) is 20.5. The van der Waals surface area contributed by atoms with Gasteiger partial charge in [-0.2, -0.15) is 0 Å². The van der Waals surface area contributed by atoms with Crippen molar-refractivity contribution in [2.75, 3.05) is 0 Å². The predicted molar refractivity (Wildman–Crippen MR) is 153 cm³/mol. The number of aromatic nitrogens is 2. The first kappa shape index (κ1) is 22.4. The van der Waals surface area contributed by atoms with Crippen LogP contribution in [0.3, 0.4) is 0 Å². The second-order valence-corrected chi connectivity index (χ2v) is 11.1. The van der Waals surface area contributed by atoms with Crippen LogP contribution in [0.25, 0.3) is 27.6 Å². The molecule has 3 heterocycles. The molecule has 2 aromatic heterocycles. The third kappa shape index (κ3) is 3.70. The summed E-state index contributed by atoms with van der Waals surface area (Å²) in [4.78, 5) is 9.45. The first-order valence-corrected chi connectivity index (χ1v) is 13.5. The molecule has 4 aromatic rings. The SMILES string of the molecule is CC12CC=CC(C3C=CC=C(c4cc(-c5ccccc5)c5cnccc5n4)C3)=C1Oc1ccc(Br)cc12. The van der Waals surface area contributed by atoms with Crippen LogP contribution in [0.4, 0.5) is 0 Å². The van der Waals surface area contributed by atoms with Gasteiger partial charge in [-0.1, -0.05) is 76.6 Å². The lowest BCUT2D eigenvalue weighted by Crippen LogP contribution is -2.26. The average molecular weight is 545 g/mol. The summed E-state index contributed by atoms with van der Waals surface area (Å²) in [5.41, 5.74) is 7.91. The van der Waals surface area contributed by atoms with E-state index in [-0.39, 0.29) is 11.3 Å². The number of ether oxygens (including phenoxy) is 1. The van der Waals surface area contributed by atoms with Gasteiger partial charge in [0.25, 0.3) is 0 Å². The number of fused-ring (bicyclic) bond motifs is 4. The van der Waals surface area contributed by atoms with Gasteiger partial charge >= 0.3 is 0 Å². The summed E-state index contributed by atoms with van der Waals surface area (Å²) >= 11 is 3.65. The fourth-order valence-corrected chi connectivity index (χ4v) is 6.27. The quantitative estimate of drug-likeness (QED) is 0.259. The lowest BCUT2D eigenvalue weighted by molar-refractivity contribution is 0.364. The van der Waals surface area contributed by atoms with Crippen LogP contribution in [0.15, 0.2) is 119 Å². The molecule has 7 rings (SSSR count). The fourth-order valence-electron chi connectivity index (χ4n) is 5.91. The van der Waals surface area contributed by atoms with Crippen molar-refractivity contribution in [3.63, 3.8) is 0 Å². The Morgan fingerprint density at radius 2 is 1.95 bits per heavy atom. The maximum atomic E-state index is 6.54. The molecule has 37 heavy (non-hydrogen) atoms. The maximum absolute atomic E-state index is 6.54. The number of allylic oxidation sites excluding steroid dienone is 8. The normalized spacial score (nSPS) is 22.0. The Labute approximate surface area is 225 Å². The molecular weight excluding hydrogens is 520 g/mol. The summed E-state index contributed by atoms with van der Waals surface area (Å²) in [5, 5.41) is 1.07. The molecule has 2 aromatic carbocycles. The van der Waals surface area contributed by atoms with Crippen molar-refractivity contribution in [3.05, 3.63) is 130 Å². The molecule has 0 radical (unpaired) electrons. The molecule has 1 aliphatic heterocycles. The Bertz CT molecular complexity index is 1680. The Kier molecular flexibility index (Phi) is 5.26. The van der Waals surface area contributed by atoms with Gasteiger partial charge in [0.05, 0.1) is 16.6 Å². The molecule has 0 N–H and O–H groups in total.